The lowest BCUT2D eigenvalue weighted by molar-refractivity contribution is 0.346. The van der Waals surface area contributed by atoms with Gasteiger partial charge in [0.15, 0.2) is 0 Å². The van der Waals surface area contributed by atoms with E-state index < -0.39 is 10.0 Å². The number of nitrogens with zero attached hydrogens (tertiary/aromatic N) is 3. The topological polar surface area (TPSA) is 67.2 Å². The van der Waals surface area contributed by atoms with E-state index in [1.165, 1.54) is 10.4 Å². The Balaban J connectivity index is 1.44. The molecule has 8 heteroatoms. The van der Waals surface area contributed by atoms with Crippen LogP contribution in [0.25, 0.3) is 11.0 Å². The molecule has 0 aliphatic carbocycles. The number of hydrogen-bond donors (Lipinski definition) is 1. The van der Waals surface area contributed by atoms with Gasteiger partial charge in [-0.2, -0.15) is 4.31 Å². The van der Waals surface area contributed by atoms with Crippen molar-refractivity contribution in [2.45, 2.75) is 50.2 Å². The molecule has 2 aromatic carbocycles. The van der Waals surface area contributed by atoms with Gasteiger partial charge in [-0.05, 0) is 55.0 Å². The summed E-state index contributed by atoms with van der Waals surface area (Å²) >= 11 is 1.73. The van der Waals surface area contributed by atoms with Crippen LogP contribution in [0.3, 0.4) is 0 Å². The molecule has 1 fully saturated rings. The lowest BCUT2D eigenvalue weighted by Gasteiger charge is -2.25. The maximum Gasteiger partial charge on any atom is 0.243 e. The van der Waals surface area contributed by atoms with Crippen molar-refractivity contribution >= 4 is 32.4 Å². The van der Waals surface area contributed by atoms with E-state index in [1.54, 1.807) is 27.8 Å². The van der Waals surface area contributed by atoms with Crippen molar-refractivity contribution in [3.8, 4) is 0 Å². The van der Waals surface area contributed by atoms with Gasteiger partial charge >= 0.3 is 0 Å². The van der Waals surface area contributed by atoms with Gasteiger partial charge in [-0.25, -0.2) is 13.4 Å². The fourth-order valence-corrected chi connectivity index (χ4v) is 7.10. The third-order valence-corrected chi connectivity index (χ3v) is 9.32. The molecule has 0 unspecified atom stereocenters. The van der Waals surface area contributed by atoms with E-state index in [2.05, 4.69) is 58.6 Å². The predicted octanol–water partition coefficient (Wildman–Crippen LogP) is 5.17. The van der Waals surface area contributed by atoms with Crippen LogP contribution in [0.2, 0.25) is 0 Å². The van der Waals surface area contributed by atoms with Crippen molar-refractivity contribution in [3.63, 3.8) is 0 Å². The fraction of sp³-hybridized carbons (Fsp3) is 0.346. The van der Waals surface area contributed by atoms with Crippen LogP contribution in [-0.2, 0) is 23.1 Å². The summed E-state index contributed by atoms with van der Waals surface area (Å²) in [5.74, 6) is 0.905. The Labute approximate surface area is 205 Å². The number of aromatic nitrogens is 2. The molecular formula is C26H30N4O2S2. The first-order chi connectivity index (χ1) is 16.6. The van der Waals surface area contributed by atoms with E-state index >= 15 is 0 Å². The molecule has 1 atom stereocenters. The summed E-state index contributed by atoms with van der Waals surface area (Å²) in [5.41, 5.74) is 2.90. The molecule has 178 valence electrons. The molecule has 4 aromatic rings. The van der Waals surface area contributed by atoms with Crippen LogP contribution >= 0.6 is 11.3 Å². The van der Waals surface area contributed by atoms with Gasteiger partial charge < -0.3 is 4.57 Å². The molecule has 0 bridgehead atoms. The van der Waals surface area contributed by atoms with E-state index in [0.717, 1.165) is 42.7 Å². The highest BCUT2D eigenvalue weighted by Gasteiger charge is 2.27. The maximum atomic E-state index is 13.2. The standard InChI is InChI=1S/C26H30N4O2S2/c1-2-30-23-14-13-21(34(31,32)29-15-7-4-8-16-29)18-22(23)28-25(30)19-27-26(24-12-9-17-33-24)20-10-5-3-6-11-20/h3,5-6,9-14,17-18,26-27H,2,4,7-8,15-16,19H2,1H3/t26-/m0/s1. The molecule has 34 heavy (non-hydrogen) atoms. The van der Waals surface area contributed by atoms with Crippen LogP contribution in [0.1, 0.15) is 48.5 Å². The van der Waals surface area contributed by atoms with Gasteiger partial charge in [0.1, 0.15) is 5.82 Å². The van der Waals surface area contributed by atoms with Crippen molar-refractivity contribution in [1.29, 1.82) is 0 Å². The highest BCUT2D eigenvalue weighted by atomic mass is 32.2. The third kappa shape index (κ3) is 4.55. The van der Waals surface area contributed by atoms with Crippen LogP contribution in [0, 0.1) is 0 Å². The molecule has 0 spiro atoms. The first-order valence-electron chi connectivity index (χ1n) is 11.9. The summed E-state index contributed by atoms with van der Waals surface area (Å²) in [7, 11) is -3.49. The molecule has 1 aliphatic heterocycles. The minimum absolute atomic E-state index is 0.0707. The van der Waals surface area contributed by atoms with Gasteiger partial charge in [-0.3, -0.25) is 5.32 Å². The molecular weight excluding hydrogens is 464 g/mol. The summed E-state index contributed by atoms with van der Waals surface area (Å²) in [6.07, 6.45) is 2.95. The van der Waals surface area contributed by atoms with Gasteiger partial charge in [0.2, 0.25) is 10.0 Å². The number of hydrogen-bond acceptors (Lipinski definition) is 5. The first kappa shape index (κ1) is 23.2. The van der Waals surface area contributed by atoms with E-state index in [4.69, 9.17) is 4.98 Å². The Morgan fingerprint density at radius 1 is 1.03 bits per heavy atom. The molecule has 1 saturated heterocycles. The van der Waals surface area contributed by atoms with Gasteiger partial charge in [0, 0.05) is 24.5 Å². The average molecular weight is 495 g/mol. The molecule has 1 N–H and O–H groups in total. The van der Waals surface area contributed by atoms with E-state index in [-0.39, 0.29) is 6.04 Å². The SMILES string of the molecule is CCn1c(CN[C@@H](c2ccccc2)c2cccs2)nc2cc(S(=O)(=O)N3CCCCC3)ccc21. The molecule has 5 rings (SSSR count). The molecule has 0 saturated carbocycles. The number of fused-ring (bicyclic) bond motifs is 1. The number of aryl methyl sites for hydroxylation is 1. The fourth-order valence-electron chi connectivity index (χ4n) is 4.74. The zero-order valence-corrected chi connectivity index (χ0v) is 21.0. The minimum atomic E-state index is -3.49. The number of nitrogens with one attached hydrogen (secondary N) is 1. The van der Waals surface area contributed by atoms with Crippen LogP contribution in [0.15, 0.2) is 70.9 Å². The summed E-state index contributed by atoms with van der Waals surface area (Å²) < 4.78 is 30.1. The highest BCUT2D eigenvalue weighted by Crippen LogP contribution is 2.28. The molecule has 6 nitrogen and oxygen atoms in total. The number of thiophene rings is 1. The number of piperidine rings is 1. The number of sulfonamides is 1. The number of rotatable bonds is 8. The van der Waals surface area contributed by atoms with Gasteiger partial charge in [-0.15, -0.1) is 11.3 Å². The van der Waals surface area contributed by atoms with Crippen LogP contribution in [0.4, 0.5) is 0 Å². The lowest BCUT2D eigenvalue weighted by atomic mass is 10.1. The van der Waals surface area contributed by atoms with Gasteiger partial charge in [0.25, 0.3) is 0 Å². The zero-order valence-electron chi connectivity index (χ0n) is 19.4. The summed E-state index contributed by atoms with van der Waals surface area (Å²) in [6.45, 7) is 4.64. The Kier molecular flexibility index (Phi) is 6.83. The van der Waals surface area contributed by atoms with Crippen LogP contribution < -0.4 is 5.32 Å². The largest absolute Gasteiger partial charge is 0.327 e. The molecule has 3 heterocycles. The third-order valence-electron chi connectivity index (χ3n) is 6.49. The molecule has 0 amide bonds. The summed E-state index contributed by atoms with van der Waals surface area (Å²) in [6, 6.07) is 20.1. The van der Waals surface area contributed by atoms with Crippen molar-refractivity contribution in [3.05, 3.63) is 82.3 Å². The average Bonchev–Trinajstić information content (AvgIpc) is 3.53. The Morgan fingerprint density at radius 2 is 1.82 bits per heavy atom. The van der Waals surface area contributed by atoms with E-state index in [1.807, 2.05) is 12.1 Å². The van der Waals surface area contributed by atoms with Crippen LogP contribution in [0.5, 0.6) is 0 Å². The second-order valence-electron chi connectivity index (χ2n) is 8.63. The second-order valence-corrected chi connectivity index (χ2v) is 11.5. The number of benzene rings is 2. The Bertz CT molecular complexity index is 1340. The minimum Gasteiger partial charge on any atom is -0.327 e. The van der Waals surface area contributed by atoms with Crippen molar-refractivity contribution in [2.75, 3.05) is 13.1 Å². The van der Waals surface area contributed by atoms with E-state index in [0.29, 0.717) is 24.5 Å². The zero-order chi connectivity index (χ0) is 23.5. The summed E-state index contributed by atoms with van der Waals surface area (Å²) in [4.78, 5) is 6.46. The number of imidazole rings is 1. The van der Waals surface area contributed by atoms with Gasteiger partial charge in [0.05, 0.1) is 28.5 Å². The smallest absolute Gasteiger partial charge is 0.243 e. The highest BCUT2D eigenvalue weighted by molar-refractivity contribution is 7.89. The molecule has 0 radical (unpaired) electrons. The predicted molar refractivity (Wildman–Crippen MR) is 137 cm³/mol. The van der Waals surface area contributed by atoms with E-state index in [9.17, 15) is 8.42 Å². The van der Waals surface area contributed by atoms with Crippen molar-refractivity contribution in [1.82, 2.24) is 19.2 Å². The monoisotopic (exact) mass is 494 g/mol. The quantitative estimate of drug-likeness (QED) is 0.367. The molecule has 1 aliphatic rings. The summed E-state index contributed by atoms with van der Waals surface area (Å²) in [5, 5.41) is 5.78. The maximum absolute atomic E-state index is 13.2. The Morgan fingerprint density at radius 3 is 2.53 bits per heavy atom. The first-order valence-corrected chi connectivity index (χ1v) is 14.2. The molecule has 2 aromatic heterocycles. The van der Waals surface area contributed by atoms with Gasteiger partial charge in [-0.1, -0.05) is 42.8 Å². The van der Waals surface area contributed by atoms with Crippen LogP contribution in [-0.4, -0.2) is 35.4 Å². The normalized spacial score (nSPS) is 16.1. The second kappa shape index (κ2) is 10.00. The Hall–Kier alpha value is -2.52. The lowest BCUT2D eigenvalue weighted by Crippen LogP contribution is -2.35. The van der Waals surface area contributed by atoms with Crippen molar-refractivity contribution in [2.24, 2.45) is 0 Å². The van der Waals surface area contributed by atoms with Crippen molar-refractivity contribution < 1.29 is 8.42 Å².